The first kappa shape index (κ1) is 20.7. The van der Waals surface area contributed by atoms with Gasteiger partial charge in [-0.3, -0.25) is 0 Å². The Morgan fingerprint density at radius 1 is 0.875 bits per heavy atom. The highest BCUT2D eigenvalue weighted by atomic mass is 35.5. The van der Waals surface area contributed by atoms with Crippen LogP contribution in [0, 0.1) is 0 Å². The summed E-state index contributed by atoms with van der Waals surface area (Å²) in [4.78, 5) is 8.82. The number of nitrogens with zero attached hydrogens (tertiary/aromatic N) is 3. The van der Waals surface area contributed by atoms with Gasteiger partial charge in [0, 0.05) is 23.0 Å². The lowest BCUT2D eigenvalue weighted by atomic mass is 9.83. The molecule has 1 N–H and O–H groups in total. The third kappa shape index (κ3) is 3.47. The first-order valence-electron chi connectivity index (χ1n) is 10.1. The molecule has 5 aromatic rings. The minimum atomic E-state index is -1.43. The summed E-state index contributed by atoms with van der Waals surface area (Å²) in [6.07, 6.45) is 3.35. The molecule has 0 fully saturated rings. The largest absolute Gasteiger partial charge is 0.374 e. The second-order valence-corrected chi connectivity index (χ2v) is 8.50. The van der Waals surface area contributed by atoms with E-state index >= 15 is 0 Å². The zero-order valence-corrected chi connectivity index (χ0v) is 18.7. The minimum absolute atomic E-state index is 0.441. The number of aryl methyl sites for hydroxylation is 1. The van der Waals surface area contributed by atoms with Crippen molar-refractivity contribution in [2.24, 2.45) is 7.05 Å². The molecule has 0 saturated heterocycles. The van der Waals surface area contributed by atoms with Gasteiger partial charge in [-0.05, 0) is 47.0 Å². The Labute approximate surface area is 195 Å². The molecule has 5 rings (SSSR count). The third-order valence-electron chi connectivity index (χ3n) is 5.72. The molecule has 0 amide bonds. The number of hydrogen-bond acceptors (Lipinski definition) is 3. The van der Waals surface area contributed by atoms with Crippen molar-refractivity contribution in [3.05, 3.63) is 118 Å². The molecule has 1 unspecified atom stereocenters. The number of pyridine rings is 1. The normalized spacial score (nSPS) is 13.2. The van der Waals surface area contributed by atoms with Crippen LogP contribution in [0.4, 0.5) is 0 Å². The molecular formula is C26H19Cl2N3O. The van der Waals surface area contributed by atoms with E-state index in [0.29, 0.717) is 27.0 Å². The second-order valence-electron chi connectivity index (χ2n) is 7.71. The summed E-state index contributed by atoms with van der Waals surface area (Å²) in [6, 6.07) is 24.8. The summed E-state index contributed by atoms with van der Waals surface area (Å²) in [7, 11) is 1.86. The molecule has 3 aromatic carbocycles. The summed E-state index contributed by atoms with van der Waals surface area (Å²) in [5.41, 5.74) is 3.17. The van der Waals surface area contributed by atoms with Crippen LogP contribution in [0.15, 0.2) is 91.4 Å². The van der Waals surface area contributed by atoms with Crippen LogP contribution in [0.2, 0.25) is 10.2 Å². The lowest BCUT2D eigenvalue weighted by Gasteiger charge is -2.30. The van der Waals surface area contributed by atoms with E-state index in [1.807, 2.05) is 78.3 Å². The average Bonchev–Trinajstić information content (AvgIpc) is 3.25. The molecule has 1 atom stereocenters. The summed E-state index contributed by atoms with van der Waals surface area (Å²) >= 11 is 12.6. The molecule has 0 radical (unpaired) electrons. The van der Waals surface area contributed by atoms with E-state index in [4.69, 9.17) is 23.2 Å². The van der Waals surface area contributed by atoms with Gasteiger partial charge in [-0.1, -0.05) is 71.7 Å². The molecule has 0 aliphatic carbocycles. The zero-order valence-electron chi connectivity index (χ0n) is 17.2. The van der Waals surface area contributed by atoms with Gasteiger partial charge in [-0.15, -0.1) is 0 Å². The van der Waals surface area contributed by atoms with Crippen LogP contribution in [0.25, 0.3) is 22.0 Å². The average molecular weight is 460 g/mol. The number of fused-ring (bicyclic) bond motifs is 1. The van der Waals surface area contributed by atoms with Gasteiger partial charge in [0.1, 0.15) is 5.15 Å². The number of hydrogen-bond donors (Lipinski definition) is 1. The van der Waals surface area contributed by atoms with E-state index in [2.05, 4.69) is 9.97 Å². The third-order valence-corrected chi connectivity index (χ3v) is 6.26. The fraction of sp³-hybridized carbons (Fsp3) is 0.0769. The molecule has 2 aromatic heterocycles. The van der Waals surface area contributed by atoms with Gasteiger partial charge < -0.3 is 9.67 Å². The van der Waals surface area contributed by atoms with E-state index in [-0.39, 0.29) is 0 Å². The number of aromatic nitrogens is 3. The van der Waals surface area contributed by atoms with E-state index < -0.39 is 5.60 Å². The highest BCUT2D eigenvalue weighted by Gasteiger charge is 2.36. The van der Waals surface area contributed by atoms with Crippen molar-refractivity contribution in [2.45, 2.75) is 5.60 Å². The Morgan fingerprint density at radius 3 is 2.28 bits per heavy atom. The summed E-state index contributed by atoms with van der Waals surface area (Å²) in [5.74, 6) is 0. The van der Waals surface area contributed by atoms with Gasteiger partial charge in [0.05, 0.1) is 23.7 Å². The lowest BCUT2D eigenvalue weighted by Crippen LogP contribution is -2.31. The fourth-order valence-corrected chi connectivity index (χ4v) is 4.44. The summed E-state index contributed by atoms with van der Waals surface area (Å²) < 4.78 is 1.81. The summed E-state index contributed by atoms with van der Waals surface area (Å²) in [6.45, 7) is 0. The highest BCUT2D eigenvalue weighted by molar-refractivity contribution is 6.32. The number of imidazole rings is 1. The first-order valence-corrected chi connectivity index (χ1v) is 10.8. The molecule has 0 bridgehead atoms. The maximum absolute atomic E-state index is 12.1. The van der Waals surface area contributed by atoms with Gasteiger partial charge in [-0.2, -0.15) is 0 Å². The van der Waals surface area contributed by atoms with Crippen molar-refractivity contribution < 1.29 is 5.11 Å². The quantitative estimate of drug-likeness (QED) is 0.324. The number of rotatable bonds is 4. The van der Waals surface area contributed by atoms with Crippen molar-refractivity contribution in [1.82, 2.24) is 14.5 Å². The van der Waals surface area contributed by atoms with Crippen molar-refractivity contribution in [1.29, 1.82) is 0 Å². The van der Waals surface area contributed by atoms with Gasteiger partial charge in [0.15, 0.2) is 5.60 Å². The van der Waals surface area contributed by atoms with Gasteiger partial charge >= 0.3 is 0 Å². The predicted octanol–water partition coefficient (Wildman–Crippen LogP) is 6.23. The Kier molecular flexibility index (Phi) is 5.22. The van der Waals surface area contributed by atoms with Crippen molar-refractivity contribution >= 4 is 34.1 Å². The predicted molar refractivity (Wildman–Crippen MR) is 129 cm³/mol. The van der Waals surface area contributed by atoms with Crippen LogP contribution < -0.4 is 0 Å². The molecule has 158 valence electrons. The molecule has 0 aliphatic rings. The molecule has 4 nitrogen and oxygen atoms in total. The van der Waals surface area contributed by atoms with E-state index in [1.165, 1.54) is 0 Å². The Morgan fingerprint density at radius 2 is 1.59 bits per heavy atom. The van der Waals surface area contributed by atoms with Crippen molar-refractivity contribution in [3.8, 4) is 11.1 Å². The highest BCUT2D eigenvalue weighted by Crippen LogP contribution is 2.39. The van der Waals surface area contributed by atoms with Gasteiger partial charge in [-0.25, -0.2) is 9.97 Å². The van der Waals surface area contributed by atoms with Crippen LogP contribution >= 0.6 is 23.2 Å². The number of aliphatic hydroxyl groups is 1. The second kappa shape index (κ2) is 8.06. The number of benzene rings is 3. The molecule has 0 saturated carbocycles. The maximum atomic E-state index is 12.1. The molecule has 0 spiro atoms. The Hall–Kier alpha value is -3.18. The van der Waals surface area contributed by atoms with Gasteiger partial charge in [0.25, 0.3) is 0 Å². The van der Waals surface area contributed by atoms with Crippen LogP contribution in [0.3, 0.4) is 0 Å². The molecule has 32 heavy (non-hydrogen) atoms. The number of halogens is 2. The topological polar surface area (TPSA) is 50.9 Å². The van der Waals surface area contributed by atoms with Crippen molar-refractivity contribution in [2.75, 3.05) is 0 Å². The fourth-order valence-electron chi connectivity index (χ4n) is 4.06. The van der Waals surface area contributed by atoms with E-state index in [0.717, 1.165) is 22.0 Å². The van der Waals surface area contributed by atoms with Crippen LogP contribution in [0.5, 0.6) is 0 Å². The lowest BCUT2D eigenvalue weighted by molar-refractivity contribution is 0.117. The smallest absolute Gasteiger partial charge is 0.156 e. The van der Waals surface area contributed by atoms with Crippen molar-refractivity contribution in [3.63, 3.8) is 0 Å². The van der Waals surface area contributed by atoms with E-state index in [1.54, 1.807) is 24.7 Å². The maximum Gasteiger partial charge on any atom is 0.156 e. The van der Waals surface area contributed by atoms with Crippen LogP contribution in [-0.2, 0) is 12.6 Å². The molecular weight excluding hydrogens is 441 g/mol. The summed E-state index contributed by atoms with van der Waals surface area (Å²) in [5, 5.41) is 14.1. The van der Waals surface area contributed by atoms with Crippen LogP contribution in [0.1, 0.15) is 16.8 Å². The van der Waals surface area contributed by atoms with E-state index in [9.17, 15) is 5.11 Å². The minimum Gasteiger partial charge on any atom is -0.374 e. The Balaban J connectivity index is 1.74. The molecule has 6 heteroatoms. The Bertz CT molecular complexity index is 1410. The SMILES string of the molecule is Cn1cncc1C(O)(c1ccc(Cl)cc1)c1ccc2nc(Cl)c(-c3ccccc3)cc2c1. The van der Waals surface area contributed by atoms with Crippen LogP contribution in [-0.4, -0.2) is 19.6 Å². The molecule has 2 heterocycles. The zero-order chi connectivity index (χ0) is 22.3. The first-order chi connectivity index (χ1) is 15.5. The van der Waals surface area contributed by atoms with Gasteiger partial charge in [0.2, 0.25) is 0 Å². The standard InChI is InChI=1S/C26H19Cl2N3O/c1-31-16-29-15-24(31)26(32,19-7-10-21(27)11-8-19)20-9-12-23-18(13-20)14-22(25(28)30-23)17-5-3-2-4-6-17/h2-16,32H,1H3. The monoisotopic (exact) mass is 459 g/mol. The molecule has 0 aliphatic heterocycles.